The second-order valence-corrected chi connectivity index (χ2v) is 8.49. The summed E-state index contributed by atoms with van der Waals surface area (Å²) >= 11 is 5.74. The molecule has 1 N–H and O–H groups in total. The van der Waals surface area contributed by atoms with Crippen molar-refractivity contribution in [2.24, 2.45) is 0 Å². The van der Waals surface area contributed by atoms with Crippen molar-refractivity contribution in [2.45, 2.75) is 22.9 Å². The molecule has 0 aliphatic heterocycles. The van der Waals surface area contributed by atoms with Crippen molar-refractivity contribution < 1.29 is 39.2 Å². The van der Waals surface area contributed by atoms with Crippen molar-refractivity contribution in [2.75, 3.05) is 4.83 Å². The van der Waals surface area contributed by atoms with Crippen molar-refractivity contribution in [3.8, 4) is 11.3 Å². The smallest absolute Gasteiger partial charge is 0.200 e. The summed E-state index contributed by atoms with van der Waals surface area (Å²) in [5, 5.41) is 3.23. The van der Waals surface area contributed by atoms with Gasteiger partial charge in [-0.25, -0.2) is 0 Å². The molecule has 5 nitrogen and oxygen atoms in total. The normalized spacial score (nSPS) is 13.2. The van der Waals surface area contributed by atoms with Gasteiger partial charge in [0, 0.05) is 10.6 Å². The van der Waals surface area contributed by atoms with Gasteiger partial charge in [-0.1, -0.05) is 41.9 Å². The molecule has 0 spiro atoms. The minimum absolute atomic E-state index is 0.0463. The molecule has 0 saturated heterocycles. The van der Waals surface area contributed by atoms with Crippen LogP contribution in [-0.4, -0.2) is 30.4 Å². The van der Waals surface area contributed by atoms with Gasteiger partial charge in [0.15, 0.2) is 0 Å². The van der Waals surface area contributed by atoms with Crippen LogP contribution in [-0.2, 0) is 15.9 Å². The van der Waals surface area contributed by atoms with Gasteiger partial charge >= 0.3 is 18.0 Å². The van der Waals surface area contributed by atoms with Gasteiger partial charge in [0.1, 0.15) is 5.69 Å². The van der Waals surface area contributed by atoms with Crippen molar-refractivity contribution in [1.82, 2.24) is 9.89 Å². The monoisotopic (exact) mass is 501 g/mol. The summed E-state index contributed by atoms with van der Waals surface area (Å²) in [6.45, 7) is 0. The summed E-state index contributed by atoms with van der Waals surface area (Å²) in [5.41, 5.74) is -2.58. The van der Waals surface area contributed by atoms with Gasteiger partial charge in [-0.3, -0.25) is 0 Å². The van der Waals surface area contributed by atoms with E-state index in [4.69, 9.17) is 11.6 Å². The fraction of sp³-hybridized carbons (Fsp3) is 0.167. The van der Waals surface area contributed by atoms with E-state index < -0.39 is 39.4 Å². The van der Waals surface area contributed by atoms with Gasteiger partial charge in [0.05, 0.1) is 10.6 Å². The fourth-order valence-corrected chi connectivity index (χ4v) is 3.65. The van der Waals surface area contributed by atoms with E-state index in [1.165, 1.54) is 42.5 Å². The Hall–Kier alpha value is -2.80. The minimum atomic E-state index is -6.59. The predicted octanol–water partition coefficient (Wildman–Crippen LogP) is 5.43. The van der Waals surface area contributed by atoms with Crippen molar-refractivity contribution in [1.29, 1.82) is 0 Å². The van der Waals surface area contributed by atoms with E-state index in [-0.39, 0.29) is 26.3 Å². The molecular weight excluding hydrogens is 491 g/mol. The van der Waals surface area contributed by atoms with Crippen LogP contribution in [0.5, 0.6) is 0 Å². The molecule has 0 aliphatic rings. The number of hydrogen-bond acceptors (Lipinski definition) is 3. The lowest BCUT2D eigenvalue weighted by Crippen LogP contribution is -2.50. The standard InChI is InChI=1S/C18H11ClF7N3O2S/c19-12-8-6-11(7-9-12)14-10-15(16(20,21)17(22,23)18(24,25)26)27-29(14)28-32(30,31)13-4-2-1-3-5-13/h1-10,28H. The lowest BCUT2D eigenvalue weighted by atomic mass is 10.1. The molecule has 1 heterocycles. The van der Waals surface area contributed by atoms with Crippen LogP contribution in [0.2, 0.25) is 5.02 Å². The first kappa shape index (κ1) is 23.9. The Morgan fingerprint density at radius 3 is 1.97 bits per heavy atom. The summed E-state index contributed by atoms with van der Waals surface area (Å²) in [6, 6.07) is 11.6. The molecule has 3 aromatic rings. The van der Waals surface area contributed by atoms with Crippen LogP contribution in [0, 0.1) is 0 Å². The summed E-state index contributed by atoms with van der Waals surface area (Å²) in [5.74, 6) is -12.3. The highest BCUT2D eigenvalue weighted by Gasteiger charge is 2.74. The molecular formula is C18H11ClF7N3O2S. The highest BCUT2D eigenvalue weighted by atomic mass is 35.5. The summed E-state index contributed by atoms with van der Waals surface area (Å²) in [6.07, 6.45) is -6.59. The van der Waals surface area contributed by atoms with Crippen LogP contribution >= 0.6 is 11.6 Å². The predicted molar refractivity (Wildman–Crippen MR) is 101 cm³/mol. The summed E-state index contributed by atoms with van der Waals surface area (Å²) in [7, 11) is -4.48. The molecule has 0 radical (unpaired) electrons. The molecule has 32 heavy (non-hydrogen) atoms. The SMILES string of the molecule is O=S(=O)(Nn1nc(C(F)(F)C(F)(F)C(F)(F)F)cc1-c1ccc(Cl)cc1)c1ccccc1. The molecule has 0 aliphatic carbocycles. The number of alkyl halides is 7. The highest BCUT2D eigenvalue weighted by molar-refractivity contribution is 7.92. The largest absolute Gasteiger partial charge is 0.460 e. The van der Waals surface area contributed by atoms with E-state index >= 15 is 0 Å². The Kier molecular flexibility index (Phi) is 5.93. The quantitative estimate of drug-likeness (QED) is 0.458. The van der Waals surface area contributed by atoms with Gasteiger partial charge in [-0.15, -0.1) is 5.10 Å². The third-order valence-electron chi connectivity index (χ3n) is 4.18. The van der Waals surface area contributed by atoms with Gasteiger partial charge in [-0.2, -0.15) is 48.8 Å². The Morgan fingerprint density at radius 2 is 1.44 bits per heavy atom. The second-order valence-electron chi connectivity index (χ2n) is 6.39. The maximum atomic E-state index is 14.2. The van der Waals surface area contributed by atoms with Crippen molar-refractivity contribution in [3.05, 3.63) is 71.4 Å². The molecule has 0 saturated carbocycles. The third kappa shape index (κ3) is 4.26. The first-order valence-electron chi connectivity index (χ1n) is 8.43. The van der Waals surface area contributed by atoms with Crippen LogP contribution < -0.4 is 4.83 Å². The zero-order valence-electron chi connectivity index (χ0n) is 15.4. The van der Waals surface area contributed by atoms with E-state index in [2.05, 4.69) is 5.10 Å². The average Bonchev–Trinajstić information content (AvgIpc) is 3.12. The van der Waals surface area contributed by atoms with Crippen LogP contribution in [0.4, 0.5) is 30.7 Å². The molecule has 3 rings (SSSR count). The maximum Gasteiger partial charge on any atom is 0.460 e. The Bertz CT molecular complexity index is 1210. The number of halogens is 8. The molecule has 14 heteroatoms. The summed E-state index contributed by atoms with van der Waals surface area (Å²) in [4.78, 5) is 1.62. The molecule has 0 fully saturated rings. The van der Waals surface area contributed by atoms with Gasteiger partial charge < -0.3 is 0 Å². The highest BCUT2D eigenvalue weighted by Crippen LogP contribution is 2.51. The minimum Gasteiger partial charge on any atom is -0.200 e. The van der Waals surface area contributed by atoms with Crippen LogP contribution in [0.3, 0.4) is 0 Å². The molecule has 2 aromatic carbocycles. The third-order valence-corrected chi connectivity index (χ3v) is 5.74. The molecule has 1 aromatic heterocycles. The van der Waals surface area contributed by atoms with E-state index in [9.17, 15) is 39.2 Å². The van der Waals surface area contributed by atoms with Gasteiger partial charge in [0.25, 0.3) is 10.0 Å². The molecule has 172 valence electrons. The molecule has 0 unspecified atom stereocenters. The Labute approximate surface area is 181 Å². The van der Waals surface area contributed by atoms with E-state index in [0.717, 1.165) is 12.1 Å². The van der Waals surface area contributed by atoms with Gasteiger partial charge in [-0.05, 0) is 30.3 Å². The molecule has 0 atom stereocenters. The fourth-order valence-electron chi connectivity index (χ4n) is 2.54. The average molecular weight is 502 g/mol. The Balaban J connectivity index is 2.16. The van der Waals surface area contributed by atoms with Crippen LogP contribution in [0.1, 0.15) is 5.69 Å². The van der Waals surface area contributed by atoms with Crippen LogP contribution in [0.25, 0.3) is 11.3 Å². The first-order valence-corrected chi connectivity index (χ1v) is 10.3. The Morgan fingerprint density at radius 1 is 0.875 bits per heavy atom. The first-order chi connectivity index (χ1) is 14.7. The number of rotatable bonds is 6. The number of nitrogens with zero attached hydrogens (tertiary/aromatic N) is 2. The molecule has 0 bridgehead atoms. The zero-order chi connectivity index (χ0) is 23.9. The zero-order valence-corrected chi connectivity index (χ0v) is 17.0. The molecule has 0 amide bonds. The number of hydrogen-bond donors (Lipinski definition) is 1. The number of nitrogens with one attached hydrogen (secondary N) is 1. The van der Waals surface area contributed by atoms with Crippen molar-refractivity contribution >= 4 is 21.6 Å². The van der Waals surface area contributed by atoms with E-state index in [1.54, 1.807) is 4.83 Å². The second kappa shape index (κ2) is 7.96. The van der Waals surface area contributed by atoms with Gasteiger partial charge in [0.2, 0.25) is 0 Å². The number of benzene rings is 2. The number of sulfonamides is 1. The van der Waals surface area contributed by atoms with Crippen LogP contribution in [0.15, 0.2) is 65.6 Å². The number of aromatic nitrogens is 2. The lowest BCUT2D eigenvalue weighted by molar-refractivity contribution is -0.360. The van der Waals surface area contributed by atoms with Crippen molar-refractivity contribution in [3.63, 3.8) is 0 Å². The van der Waals surface area contributed by atoms with E-state index in [1.807, 2.05) is 0 Å². The lowest BCUT2D eigenvalue weighted by Gasteiger charge is -2.26. The topological polar surface area (TPSA) is 64.0 Å². The maximum absolute atomic E-state index is 14.2. The van der Waals surface area contributed by atoms with E-state index in [0.29, 0.717) is 0 Å². The summed E-state index contributed by atoms with van der Waals surface area (Å²) < 4.78 is 118.